The van der Waals surface area contributed by atoms with Crippen LogP contribution in [0.15, 0.2) is 47.1 Å². The van der Waals surface area contributed by atoms with E-state index in [1.54, 1.807) is 49.7 Å². The maximum Gasteiger partial charge on any atom is 0.252 e. The van der Waals surface area contributed by atoms with Crippen LogP contribution in [-0.4, -0.2) is 36.5 Å². The van der Waals surface area contributed by atoms with Crippen molar-refractivity contribution in [2.75, 3.05) is 13.7 Å². The average Bonchev–Trinajstić information content (AvgIpc) is 3.09. The van der Waals surface area contributed by atoms with Gasteiger partial charge >= 0.3 is 0 Å². The fourth-order valence-electron chi connectivity index (χ4n) is 2.68. The Hall–Kier alpha value is -2.31. The highest BCUT2D eigenvalue weighted by atomic mass is 35.5. The Kier molecular flexibility index (Phi) is 4.87. The highest BCUT2D eigenvalue weighted by Crippen LogP contribution is 2.30. The number of amides is 2. The molecular formula is C17H17ClN2O4. The molecular weight excluding hydrogens is 332 g/mol. The second-order valence-electron chi connectivity index (χ2n) is 5.53. The van der Waals surface area contributed by atoms with Crippen molar-refractivity contribution in [3.63, 3.8) is 0 Å². The fourth-order valence-corrected chi connectivity index (χ4v) is 2.80. The van der Waals surface area contributed by atoms with E-state index in [1.165, 1.54) is 4.90 Å². The van der Waals surface area contributed by atoms with Crippen LogP contribution < -0.4 is 5.32 Å². The standard InChI is InChI=1S/C17H17ClN2O4/c1-20-14(21)10-24-16(15(20)11-4-6-12(18)7-5-11)17(22)19-9-13-3-2-8-23-13/h2-8,15-16H,9-10H2,1H3,(H,19,22)/t15-,16-/m1/s1. The lowest BCUT2D eigenvalue weighted by atomic mass is 9.97. The molecule has 2 aromatic rings. The first kappa shape index (κ1) is 16.5. The quantitative estimate of drug-likeness (QED) is 0.919. The lowest BCUT2D eigenvalue weighted by Crippen LogP contribution is -2.52. The number of furan rings is 1. The monoisotopic (exact) mass is 348 g/mol. The Labute approximate surface area is 144 Å². The van der Waals surface area contributed by atoms with Gasteiger partial charge in [-0.05, 0) is 29.8 Å². The van der Waals surface area contributed by atoms with Crippen LogP contribution in [0.1, 0.15) is 17.4 Å². The topological polar surface area (TPSA) is 71.8 Å². The Morgan fingerprint density at radius 2 is 2.08 bits per heavy atom. The second kappa shape index (κ2) is 7.07. The molecule has 6 nitrogen and oxygen atoms in total. The lowest BCUT2D eigenvalue weighted by molar-refractivity contribution is -0.162. The Balaban J connectivity index is 1.79. The number of halogens is 1. The fraction of sp³-hybridized carbons (Fsp3) is 0.294. The highest BCUT2D eigenvalue weighted by Gasteiger charge is 2.39. The molecule has 3 rings (SSSR count). The zero-order valence-electron chi connectivity index (χ0n) is 13.1. The van der Waals surface area contributed by atoms with Crippen molar-refractivity contribution in [1.29, 1.82) is 0 Å². The van der Waals surface area contributed by atoms with E-state index in [9.17, 15) is 9.59 Å². The number of carbonyl (C=O) groups is 2. The maximum absolute atomic E-state index is 12.6. The van der Waals surface area contributed by atoms with Crippen molar-refractivity contribution in [2.24, 2.45) is 0 Å². The summed E-state index contributed by atoms with van der Waals surface area (Å²) in [5.74, 6) is 0.169. The largest absolute Gasteiger partial charge is 0.467 e. The van der Waals surface area contributed by atoms with E-state index in [1.807, 2.05) is 0 Å². The minimum Gasteiger partial charge on any atom is -0.467 e. The van der Waals surface area contributed by atoms with Gasteiger partial charge < -0.3 is 19.4 Å². The number of hydrogen-bond acceptors (Lipinski definition) is 4. The van der Waals surface area contributed by atoms with E-state index < -0.39 is 12.1 Å². The van der Waals surface area contributed by atoms with Crippen molar-refractivity contribution in [3.05, 3.63) is 59.0 Å². The van der Waals surface area contributed by atoms with Crippen LogP contribution in [0.3, 0.4) is 0 Å². The molecule has 1 aromatic heterocycles. The van der Waals surface area contributed by atoms with Gasteiger partial charge in [-0.1, -0.05) is 23.7 Å². The first-order valence-electron chi connectivity index (χ1n) is 7.49. The number of rotatable bonds is 4. The molecule has 126 valence electrons. The van der Waals surface area contributed by atoms with Crippen LogP contribution in [0.5, 0.6) is 0 Å². The molecule has 0 aliphatic carbocycles. The third-order valence-corrected chi connectivity index (χ3v) is 4.22. The van der Waals surface area contributed by atoms with E-state index in [-0.39, 0.29) is 25.0 Å². The molecule has 1 aliphatic rings. The number of nitrogens with zero attached hydrogens (tertiary/aromatic N) is 1. The van der Waals surface area contributed by atoms with Gasteiger partial charge in [-0.3, -0.25) is 9.59 Å². The molecule has 0 bridgehead atoms. The molecule has 0 spiro atoms. The van der Waals surface area contributed by atoms with Crippen molar-refractivity contribution in [1.82, 2.24) is 10.2 Å². The third-order valence-electron chi connectivity index (χ3n) is 3.97. The lowest BCUT2D eigenvalue weighted by Gasteiger charge is -2.38. The number of carbonyl (C=O) groups excluding carboxylic acids is 2. The molecule has 2 atom stereocenters. The number of morpholine rings is 1. The number of ether oxygens (including phenoxy) is 1. The summed E-state index contributed by atoms with van der Waals surface area (Å²) in [6.45, 7) is 0.135. The Morgan fingerprint density at radius 1 is 1.33 bits per heavy atom. The van der Waals surface area contributed by atoms with Gasteiger partial charge in [0, 0.05) is 12.1 Å². The zero-order chi connectivity index (χ0) is 17.1. The summed E-state index contributed by atoms with van der Waals surface area (Å²) in [5, 5.41) is 3.37. The molecule has 1 N–H and O–H groups in total. The number of hydrogen-bond donors (Lipinski definition) is 1. The molecule has 0 radical (unpaired) electrons. The zero-order valence-corrected chi connectivity index (χ0v) is 13.8. The normalized spacial score (nSPS) is 20.9. The van der Waals surface area contributed by atoms with Crippen molar-refractivity contribution < 1.29 is 18.7 Å². The number of nitrogens with one attached hydrogen (secondary N) is 1. The van der Waals surface area contributed by atoms with E-state index in [0.29, 0.717) is 10.8 Å². The Bertz CT molecular complexity index is 715. The molecule has 0 unspecified atom stereocenters. The molecule has 0 saturated carbocycles. The minimum atomic E-state index is -0.802. The SMILES string of the molecule is CN1C(=O)CO[C@@H](C(=O)NCc2ccco2)[C@H]1c1ccc(Cl)cc1. The van der Waals surface area contributed by atoms with Gasteiger partial charge in [-0.15, -0.1) is 0 Å². The minimum absolute atomic E-state index is 0.126. The molecule has 1 saturated heterocycles. The molecule has 1 aromatic carbocycles. The predicted octanol–water partition coefficient (Wildman–Crippen LogP) is 2.15. The van der Waals surface area contributed by atoms with Crippen LogP contribution in [0.4, 0.5) is 0 Å². The molecule has 1 fully saturated rings. The van der Waals surface area contributed by atoms with Gasteiger partial charge in [0.05, 0.1) is 18.8 Å². The predicted molar refractivity (Wildman–Crippen MR) is 87.3 cm³/mol. The first-order valence-corrected chi connectivity index (χ1v) is 7.87. The first-order chi connectivity index (χ1) is 11.6. The van der Waals surface area contributed by atoms with Gasteiger partial charge in [0.15, 0.2) is 6.10 Å². The molecule has 2 amide bonds. The average molecular weight is 349 g/mol. The third kappa shape index (κ3) is 3.44. The van der Waals surface area contributed by atoms with Gasteiger partial charge in [0.1, 0.15) is 12.4 Å². The van der Waals surface area contributed by atoms with Crippen molar-refractivity contribution >= 4 is 23.4 Å². The molecule has 2 heterocycles. The second-order valence-corrected chi connectivity index (χ2v) is 5.97. The van der Waals surface area contributed by atoms with Gasteiger partial charge in [0.25, 0.3) is 5.91 Å². The van der Waals surface area contributed by atoms with Gasteiger partial charge in [0.2, 0.25) is 5.91 Å². The molecule has 24 heavy (non-hydrogen) atoms. The van der Waals surface area contributed by atoms with E-state index in [4.69, 9.17) is 20.8 Å². The van der Waals surface area contributed by atoms with Crippen LogP contribution >= 0.6 is 11.6 Å². The smallest absolute Gasteiger partial charge is 0.252 e. The molecule has 7 heteroatoms. The van der Waals surface area contributed by atoms with Gasteiger partial charge in [-0.2, -0.15) is 0 Å². The van der Waals surface area contributed by atoms with Crippen LogP contribution in [0.2, 0.25) is 5.02 Å². The summed E-state index contributed by atoms with van der Waals surface area (Å²) in [5.41, 5.74) is 0.785. The highest BCUT2D eigenvalue weighted by molar-refractivity contribution is 6.30. The van der Waals surface area contributed by atoms with E-state index in [0.717, 1.165) is 5.56 Å². The van der Waals surface area contributed by atoms with Crippen LogP contribution in [0.25, 0.3) is 0 Å². The van der Waals surface area contributed by atoms with Gasteiger partial charge in [-0.25, -0.2) is 0 Å². The summed E-state index contributed by atoms with van der Waals surface area (Å²) in [6.07, 6.45) is 0.741. The summed E-state index contributed by atoms with van der Waals surface area (Å²) in [4.78, 5) is 26.1. The Morgan fingerprint density at radius 3 is 2.75 bits per heavy atom. The maximum atomic E-state index is 12.6. The summed E-state index contributed by atoms with van der Waals surface area (Å²) in [6, 6.07) is 10.0. The van der Waals surface area contributed by atoms with Crippen molar-refractivity contribution in [2.45, 2.75) is 18.7 Å². The number of likely N-dealkylation sites (N-methyl/N-ethyl adjacent to an activating group) is 1. The molecule has 1 aliphatic heterocycles. The summed E-state index contributed by atoms with van der Waals surface area (Å²) in [7, 11) is 1.66. The van der Waals surface area contributed by atoms with E-state index >= 15 is 0 Å². The van der Waals surface area contributed by atoms with Crippen LogP contribution in [-0.2, 0) is 20.9 Å². The summed E-state index contributed by atoms with van der Waals surface area (Å²) >= 11 is 5.92. The van der Waals surface area contributed by atoms with Crippen LogP contribution in [0, 0.1) is 0 Å². The van der Waals surface area contributed by atoms with E-state index in [2.05, 4.69) is 5.32 Å². The number of benzene rings is 1. The summed E-state index contributed by atoms with van der Waals surface area (Å²) < 4.78 is 10.7. The van der Waals surface area contributed by atoms with Crippen molar-refractivity contribution in [3.8, 4) is 0 Å².